The predicted molar refractivity (Wildman–Crippen MR) is 89.3 cm³/mol. The first-order valence-electron chi connectivity index (χ1n) is 7.67. The number of nitrogens with zero attached hydrogens (tertiary/aromatic N) is 3. The van der Waals surface area contributed by atoms with Crippen molar-refractivity contribution in [2.45, 2.75) is 33.4 Å². The minimum Gasteiger partial charge on any atom is -0.492 e. The number of hydrogen-bond donors (Lipinski definition) is 2. The number of rotatable bonds is 7. The normalized spacial score (nSPS) is 11.6. The molecular formula is C16H21N5O3. The van der Waals surface area contributed by atoms with E-state index in [2.05, 4.69) is 20.7 Å². The molecular weight excluding hydrogens is 310 g/mol. The molecule has 0 bridgehead atoms. The summed E-state index contributed by atoms with van der Waals surface area (Å²) in [6.45, 7) is 6.14. The van der Waals surface area contributed by atoms with Crippen molar-refractivity contribution in [3.8, 4) is 5.75 Å². The molecule has 0 aliphatic carbocycles. The Kier molecular flexibility index (Phi) is 5.89. The van der Waals surface area contributed by atoms with Gasteiger partial charge in [0.25, 0.3) is 0 Å². The summed E-state index contributed by atoms with van der Waals surface area (Å²) >= 11 is 0. The summed E-state index contributed by atoms with van der Waals surface area (Å²) in [4.78, 5) is 27.6. The van der Waals surface area contributed by atoms with Gasteiger partial charge in [-0.05, 0) is 39.0 Å². The number of anilines is 1. The van der Waals surface area contributed by atoms with Crippen LogP contribution in [0, 0.1) is 0 Å². The van der Waals surface area contributed by atoms with Crippen LogP contribution in [0.3, 0.4) is 0 Å². The van der Waals surface area contributed by atoms with Crippen LogP contribution in [0.1, 0.15) is 31.1 Å². The molecule has 0 saturated heterocycles. The van der Waals surface area contributed by atoms with Gasteiger partial charge in [-0.25, -0.2) is 9.78 Å². The van der Waals surface area contributed by atoms with Crippen molar-refractivity contribution in [1.82, 2.24) is 20.1 Å². The van der Waals surface area contributed by atoms with Crippen LogP contribution in [-0.4, -0.2) is 39.2 Å². The highest BCUT2D eigenvalue weighted by molar-refractivity contribution is 5.97. The standard InChI is InChI=1S/C16H21N5O3/c1-4-24-15-6-5-13(12(3)22)7-14(15)20-16(23)19-11(2)8-21-10-17-9-18-21/h5-7,9-11H,4,8H2,1-3H3,(H2,19,20,23)/t11-/m0/s1. The van der Waals surface area contributed by atoms with Crippen LogP contribution in [0.2, 0.25) is 0 Å². The maximum absolute atomic E-state index is 12.2. The number of hydrogen-bond acceptors (Lipinski definition) is 5. The molecule has 1 aromatic carbocycles. The van der Waals surface area contributed by atoms with Gasteiger partial charge in [-0.3, -0.25) is 9.48 Å². The third-order valence-electron chi connectivity index (χ3n) is 3.24. The Morgan fingerprint density at radius 1 is 1.38 bits per heavy atom. The number of Topliss-reactive ketones (excluding diaryl/α,β-unsaturated/α-hetero) is 1. The van der Waals surface area contributed by atoms with E-state index in [0.717, 1.165) is 0 Å². The number of nitrogens with one attached hydrogen (secondary N) is 2. The van der Waals surface area contributed by atoms with Crippen molar-refractivity contribution in [2.75, 3.05) is 11.9 Å². The fourth-order valence-corrected chi connectivity index (χ4v) is 2.16. The minimum absolute atomic E-state index is 0.0824. The Labute approximate surface area is 140 Å². The molecule has 2 amide bonds. The first-order chi connectivity index (χ1) is 11.5. The zero-order valence-electron chi connectivity index (χ0n) is 13.9. The summed E-state index contributed by atoms with van der Waals surface area (Å²) in [7, 11) is 0. The van der Waals surface area contributed by atoms with E-state index in [1.54, 1.807) is 29.2 Å². The minimum atomic E-state index is -0.385. The van der Waals surface area contributed by atoms with Crippen molar-refractivity contribution < 1.29 is 14.3 Å². The number of aromatic nitrogens is 3. The molecule has 0 unspecified atom stereocenters. The molecule has 0 aliphatic rings. The van der Waals surface area contributed by atoms with Crippen LogP contribution in [0.25, 0.3) is 0 Å². The molecule has 8 heteroatoms. The highest BCUT2D eigenvalue weighted by atomic mass is 16.5. The Hall–Kier alpha value is -2.90. The molecule has 0 saturated carbocycles. The molecule has 1 aromatic heterocycles. The Balaban J connectivity index is 2.03. The lowest BCUT2D eigenvalue weighted by molar-refractivity contribution is 0.101. The van der Waals surface area contributed by atoms with Gasteiger partial charge in [0.2, 0.25) is 0 Å². The average molecular weight is 331 g/mol. The number of carbonyl (C=O) groups is 2. The quantitative estimate of drug-likeness (QED) is 0.757. The van der Waals surface area contributed by atoms with E-state index < -0.39 is 0 Å². The smallest absolute Gasteiger partial charge is 0.319 e. The highest BCUT2D eigenvalue weighted by Gasteiger charge is 2.13. The second kappa shape index (κ2) is 8.09. The summed E-state index contributed by atoms with van der Waals surface area (Å²) in [5.41, 5.74) is 0.958. The van der Waals surface area contributed by atoms with Gasteiger partial charge in [0.15, 0.2) is 5.78 Å². The van der Waals surface area contributed by atoms with Crippen LogP contribution in [0.15, 0.2) is 30.9 Å². The van der Waals surface area contributed by atoms with Crippen molar-refractivity contribution in [3.05, 3.63) is 36.4 Å². The number of ether oxygens (including phenoxy) is 1. The van der Waals surface area contributed by atoms with E-state index in [1.807, 2.05) is 13.8 Å². The van der Waals surface area contributed by atoms with Gasteiger partial charge in [-0.1, -0.05) is 0 Å². The lowest BCUT2D eigenvalue weighted by Gasteiger charge is -2.16. The maximum atomic E-state index is 12.2. The number of carbonyl (C=O) groups excluding carboxylic acids is 2. The van der Waals surface area contributed by atoms with Crippen molar-refractivity contribution in [1.29, 1.82) is 0 Å². The second-order valence-corrected chi connectivity index (χ2v) is 5.32. The van der Waals surface area contributed by atoms with Crippen LogP contribution >= 0.6 is 0 Å². The van der Waals surface area contributed by atoms with Gasteiger partial charge >= 0.3 is 6.03 Å². The molecule has 0 radical (unpaired) electrons. The molecule has 8 nitrogen and oxygen atoms in total. The third-order valence-corrected chi connectivity index (χ3v) is 3.24. The van der Waals surface area contributed by atoms with Crippen molar-refractivity contribution >= 4 is 17.5 Å². The van der Waals surface area contributed by atoms with Crippen LogP contribution in [0.4, 0.5) is 10.5 Å². The van der Waals surface area contributed by atoms with Gasteiger partial charge in [-0.2, -0.15) is 5.10 Å². The molecule has 1 atom stereocenters. The van der Waals surface area contributed by atoms with E-state index in [4.69, 9.17) is 4.74 Å². The number of urea groups is 1. The lowest BCUT2D eigenvalue weighted by atomic mass is 10.1. The predicted octanol–water partition coefficient (Wildman–Crippen LogP) is 2.09. The summed E-state index contributed by atoms with van der Waals surface area (Å²) in [5.74, 6) is 0.433. The summed E-state index contributed by atoms with van der Waals surface area (Å²) in [5, 5.41) is 9.53. The number of amides is 2. The molecule has 2 aromatic rings. The van der Waals surface area contributed by atoms with E-state index in [9.17, 15) is 9.59 Å². The molecule has 1 heterocycles. The molecule has 0 fully saturated rings. The first-order valence-corrected chi connectivity index (χ1v) is 7.67. The SMILES string of the molecule is CCOc1ccc(C(C)=O)cc1NC(=O)N[C@@H](C)Cn1cncn1. The molecule has 0 spiro atoms. The topological polar surface area (TPSA) is 98.1 Å². The van der Waals surface area contributed by atoms with Gasteiger partial charge in [0, 0.05) is 11.6 Å². The summed E-state index contributed by atoms with van der Waals surface area (Å²) in [6.07, 6.45) is 3.02. The fourth-order valence-electron chi connectivity index (χ4n) is 2.16. The van der Waals surface area contributed by atoms with Gasteiger partial charge < -0.3 is 15.4 Å². The monoisotopic (exact) mass is 331 g/mol. The second-order valence-electron chi connectivity index (χ2n) is 5.32. The van der Waals surface area contributed by atoms with E-state index in [1.165, 1.54) is 13.3 Å². The first kappa shape index (κ1) is 17.5. The Morgan fingerprint density at radius 3 is 2.79 bits per heavy atom. The molecule has 0 aliphatic heterocycles. The van der Waals surface area contributed by atoms with Crippen LogP contribution in [-0.2, 0) is 6.54 Å². The lowest BCUT2D eigenvalue weighted by Crippen LogP contribution is -2.38. The number of benzene rings is 1. The maximum Gasteiger partial charge on any atom is 0.319 e. The summed E-state index contributed by atoms with van der Waals surface area (Å²) < 4.78 is 7.12. The summed E-state index contributed by atoms with van der Waals surface area (Å²) in [6, 6.07) is 4.41. The van der Waals surface area contributed by atoms with Crippen LogP contribution in [0.5, 0.6) is 5.75 Å². The number of ketones is 1. The van der Waals surface area contributed by atoms with Gasteiger partial charge in [0.1, 0.15) is 18.4 Å². The Bertz CT molecular complexity index is 700. The van der Waals surface area contributed by atoms with Gasteiger partial charge in [0.05, 0.1) is 18.8 Å². The molecule has 24 heavy (non-hydrogen) atoms. The van der Waals surface area contributed by atoms with E-state index >= 15 is 0 Å². The van der Waals surface area contributed by atoms with Crippen molar-refractivity contribution in [3.63, 3.8) is 0 Å². The molecule has 2 rings (SSSR count). The molecule has 2 N–H and O–H groups in total. The Morgan fingerprint density at radius 2 is 2.17 bits per heavy atom. The fraction of sp³-hybridized carbons (Fsp3) is 0.375. The average Bonchev–Trinajstić information content (AvgIpc) is 3.01. The van der Waals surface area contributed by atoms with Gasteiger partial charge in [-0.15, -0.1) is 0 Å². The molecule has 128 valence electrons. The van der Waals surface area contributed by atoms with E-state index in [-0.39, 0.29) is 17.9 Å². The highest BCUT2D eigenvalue weighted by Crippen LogP contribution is 2.26. The van der Waals surface area contributed by atoms with Crippen LogP contribution < -0.4 is 15.4 Å². The zero-order chi connectivity index (χ0) is 17.5. The third kappa shape index (κ3) is 4.80. The van der Waals surface area contributed by atoms with E-state index in [0.29, 0.717) is 30.2 Å². The largest absolute Gasteiger partial charge is 0.492 e. The van der Waals surface area contributed by atoms with Crippen molar-refractivity contribution in [2.24, 2.45) is 0 Å². The zero-order valence-corrected chi connectivity index (χ0v) is 13.9.